The maximum atomic E-state index is 12.9. The van der Waals surface area contributed by atoms with E-state index in [1.165, 1.54) is 0 Å². The third-order valence-electron chi connectivity index (χ3n) is 4.86. The Morgan fingerprint density at radius 3 is 2.64 bits per heavy atom. The molecule has 6 nitrogen and oxygen atoms in total. The van der Waals surface area contributed by atoms with Gasteiger partial charge in [0.15, 0.2) is 0 Å². The Labute approximate surface area is 133 Å². The Kier molecular flexibility index (Phi) is 4.99. The maximum absolute atomic E-state index is 12.9. The first kappa shape index (κ1) is 17.4. The highest BCUT2D eigenvalue weighted by molar-refractivity contribution is 7.89. The van der Waals surface area contributed by atoms with Crippen molar-refractivity contribution in [2.45, 2.75) is 63.8 Å². The van der Waals surface area contributed by atoms with Crippen molar-refractivity contribution in [3.8, 4) is 0 Å². The van der Waals surface area contributed by atoms with Gasteiger partial charge in [-0.15, -0.1) is 0 Å². The molecule has 22 heavy (non-hydrogen) atoms. The van der Waals surface area contributed by atoms with Gasteiger partial charge in [0.1, 0.15) is 4.90 Å². The molecule has 7 heteroatoms. The third kappa shape index (κ3) is 2.94. The van der Waals surface area contributed by atoms with Crippen molar-refractivity contribution in [3.05, 3.63) is 11.4 Å². The van der Waals surface area contributed by atoms with Crippen LogP contribution >= 0.6 is 0 Å². The van der Waals surface area contributed by atoms with Gasteiger partial charge in [-0.2, -0.15) is 5.10 Å². The molecular formula is C15H27N3O3S. The van der Waals surface area contributed by atoms with Crippen molar-refractivity contribution >= 4 is 10.0 Å². The maximum Gasteiger partial charge on any atom is 0.244 e. The van der Waals surface area contributed by atoms with Gasteiger partial charge in [0.25, 0.3) is 0 Å². The molecule has 1 heterocycles. The van der Waals surface area contributed by atoms with E-state index in [1.54, 1.807) is 11.7 Å². The van der Waals surface area contributed by atoms with E-state index in [9.17, 15) is 13.5 Å². The minimum atomic E-state index is -3.63. The van der Waals surface area contributed by atoms with Crippen LogP contribution in [0.3, 0.4) is 0 Å². The first-order chi connectivity index (χ1) is 10.3. The van der Waals surface area contributed by atoms with E-state index in [0.29, 0.717) is 23.4 Å². The second kappa shape index (κ2) is 6.29. The fourth-order valence-electron chi connectivity index (χ4n) is 3.40. The van der Waals surface area contributed by atoms with Gasteiger partial charge < -0.3 is 5.11 Å². The molecule has 2 atom stereocenters. The summed E-state index contributed by atoms with van der Waals surface area (Å²) in [5.74, 6) is 0. The summed E-state index contributed by atoms with van der Waals surface area (Å²) in [4.78, 5) is 0.326. The smallest absolute Gasteiger partial charge is 0.244 e. The average molecular weight is 329 g/mol. The van der Waals surface area contributed by atoms with Crippen LogP contribution in [-0.2, 0) is 29.9 Å². The summed E-state index contributed by atoms with van der Waals surface area (Å²) in [5.41, 5.74) is 0.956. The van der Waals surface area contributed by atoms with E-state index in [1.807, 2.05) is 20.8 Å². The second-order valence-electron chi connectivity index (χ2n) is 6.43. The molecule has 0 amide bonds. The van der Waals surface area contributed by atoms with E-state index in [-0.39, 0.29) is 18.1 Å². The zero-order chi connectivity index (χ0) is 16.5. The highest BCUT2D eigenvalue weighted by atomic mass is 32.2. The highest BCUT2D eigenvalue weighted by Gasteiger charge is 2.41. The second-order valence-corrected chi connectivity index (χ2v) is 8.08. The summed E-state index contributed by atoms with van der Waals surface area (Å²) >= 11 is 0. The summed E-state index contributed by atoms with van der Waals surface area (Å²) in [6.45, 7) is 5.78. The fourth-order valence-corrected chi connectivity index (χ4v) is 5.38. The summed E-state index contributed by atoms with van der Waals surface area (Å²) in [6.07, 6.45) is 3.72. The Bertz CT molecular complexity index is 639. The fraction of sp³-hybridized carbons (Fsp3) is 0.800. The average Bonchev–Trinajstić information content (AvgIpc) is 2.99. The largest absolute Gasteiger partial charge is 0.396 e. The highest BCUT2D eigenvalue weighted by Crippen LogP contribution is 2.38. The molecule has 1 aromatic heterocycles. The van der Waals surface area contributed by atoms with Gasteiger partial charge in [-0.25, -0.2) is 13.1 Å². The molecule has 1 aliphatic carbocycles. The number of aromatic nitrogens is 2. The molecule has 0 aromatic carbocycles. The van der Waals surface area contributed by atoms with Crippen molar-refractivity contribution in [3.63, 3.8) is 0 Å². The van der Waals surface area contributed by atoms with Crippen molar-refractivity contribution in [1.82, 2.24) is 14.5 Å². The predicted octanol–water partition coefficient (Wildman–Crippen LogP) is 1.37. The molecule has 0 saturated heterocycles. The lowest BCUT2D eigenvalue weighted by Gasteiger charge is -2.30. The zero-order valence-corrected chi connectivity index (χ0v) is 14.7. The lowest BCUT2D eigenvalue weighted by Crippen LogP contribution is -2.45. The number of hydrogen-bond acceptors (Lipinski definition) is 4. The molecule has 1 aliphatic rings. The van der Waals surface area contributed by atoms with Crippen LogP contribution in [0.4, 0.5) is 0 Å². The summed E-state index contributed by atoms with van der Waals surface area (Å²) < 4.78 is 30.3. The number of aryl methyl sites for hydroxylation is 2. The Morgan fingerprint density at radius 1 is 1.41 bits per heavy atom. The lowest BCUT2D eigenvalue weighted by molar-refractivity contribution is 0.127. The molecule has 0 bridgehead atoms. The Morgan fingerprint density at radius 2 is 2.09 bits per heavy atom. The number of sulfonamides is 1. The van der Waals surface area contributed by atoms with Crippen molar-refractivity contribution in [2.75, 3.05) is 6.61 Å². The number of rotatable bonds is 6. The number of nitrogens with one attached hydrogen (secondary N) is 1. The quantitative estimate of drug-likeness (QED) is 0.826. The van der Waals surface area contributed by atoms with Gasteiger partial charge in [0, 0.05) is 25.1 Å². The molecular weight excluding hydrogens is 302 g/mol. The van der Waals surface area contributed by atoms with Crippen LogP contribution in [-0.4, -0.2) is 36.0 Å². The molecule has 1 aromatic rings. The van der Waals surface area contributed by atoms with Gasteiger partial charge in [-0.1, -0.05) is 27.2 Å². The van der Waals surface area contributed by atoms with Crippen LogP contribution in [0, 0.1) is 5.41 Å². The Hall–Kier alpha value is -0.920. The number of aliphatic hydroxyl groups excluding tert-OH is 1. The standard InChI is InChI=1S/C15H27N3O3S/c1-5-11-14(12(6-2)18(4)16-11)22(20,21)17-13-8-7-9-15(13,3)10-19/h13,17,19H,5-10H2,1-4H3/t13-,15-/m1/s1. The lowest BCUT2D eigenvalue weighted by atomic mass is 9.86. The predicted molar refractivity (Wildman–Crippen MR) is 85.1 cm³/mol. The molecule has 2 N–H and O–H groups in total. The molecule has 0 radical (unpaired) electrons. The number of hydrogen-bond donors (Lipinski definition) is 2. The van der Waals surface area contributed by atoms with E-state index >= 15 is 0 Å². The van der Waals surface area contributed by atoms with Gasteiger partial charge in [-0.3, -0.25) is 4.68 Å². The number of nitrogens with zero attached hydrogens (tertiary/aromatic N) is 2. The zero-order valence-electron chi connectivity index (χ0n) is 13.9. The minimum absolute atomic E-state index is 0.00546. The number of aliphatic hydroxyl groups is 1. The molecule has 2 rings (SSSR count). The SMILES string of the molecule is CCc1nn(C)c(CC)c1S(=O)(=O)N[C@@H]1CCC[C@]1(C)CO. The van der Waals surface area contributed by atoms with E-state index in [2.05, 4.69) is 9.82 Å². The Balaban J connectivity index is 2.39. The molecule has 1 saturated carbocycles. The first-order valence-electron chi connectivity index (χ1n) is 7.97. The van der Waals surface area contributed by atoms with E-state index in [0.717, 1.165) is 25.0 Å². The summed E-state index contributed by atoms with van der Waals surface area (Å²) in [6, 6.07) is -0.225. The molecule has 0 spiro atoms. The van der Waals surface area contributed by atoms with Gasteiger partial charge in [0.05, 0.1) is 11.4 Å². The van der Waals surface area contributed by atoms with Crippen LogP contribution in [0.1, 0.15) is 51.4 Å². The van der Waals surface area contributed by atoms with E-state index < -0.39 is 10.0 Å². The van der Waals surface area contributed by atoms with Crippen molar-refractivity contribution in [1.29, 1.82) is 0 Å². The monoisotopic (exact) mass is 329 g/mol. The van der Waals surface area contributed by atoms with Crippen LogP contribution in [0.2, 0.25) is 0 Å². The van der Waals surface area contributed by atoms with Gasteiger partial charge in [0.2, 0.25) is 10.0 Å². The van der Waals surface area contributed by atoms with E-state index in [4.69, 9.17) is 0 Å². The first-order valence-corrected chi connectivity index (χ1v) is 9.45. The van der Waals surface area contributed by atoms with Crippen molar-refractivity contribution < 1.29 is 13.5 Å². The summed E-state index contributed by atoms with van der Waals surface area (Å²) in [7, 11) is -1.85. The van der Waals surface area contributed by atoms with Crippen molar-refractivity contribution in [2.24, 2.45) is 12.5 Å². The molecule has 0 aliphatic heterocycles. The van der Waals surface area contributed by atoms with Crippen LogP contribution in [0.15, 0.2) is 4.90 Å². The molecule has 126 valence electrons. The van der Waals surface area contributed by atoms with Crippen LogP contribution < -0.4 is 4.72 Å². The normalized spacial score (nSPS) is 25.8. The minimum Gasteiger partial charge on any atom is -0.396 e. The summed E-state index contributed by atoms with van der Waals surface area (Å²) in [5, 5.41) is 14.0. The van der Waals surface area contributed by atoms with Crippen LogP contribution in [0.5, 0.6) is 0 Å². The van der Waals surface area contributed by atoms with Gasteiger partial charge >= 0.3 is 0 Å². The molecule has 1 fully saturated rings. The van der Waals surface area contributed by atoms with Gasteiger partial charge in [-0.05, 0) is 25.7 Å². The topological polar surface area (TPSA) is 84.2 Å². The third-order valence-corrected chi connectivity index (χ3v) is 6.47. The van der Waals surface area contributed by atoms with Crippen LogP contribution in [0.25, 0.3) is 0 Å². The molecule has 0 unspecified atom stereocenters.